The van der Waals surface area contributed by atoms with Gasteiger partial charge in [0.05, 0.1) is 25.1 Å². The molecule has 0 unspecified atom stereocenters. The van der Waals surface area contributed by atoms with Gasteiger partial charge in [-0.2, -0.15) is 0 Å². The minimum Gasteiger partial charge on any atom is -0.497 e. The summed E-state index contributed by atoms with van der Waals surface area (Å²) >= 11 is 0. The van der Waals surface area contributed by atoms with E-state index < -0.39 is 0 Å². The zero-order valence-corrected chi connectivity index (χ0v) is 13.2. The maximum absolute atomic E-state index is 5.43. The lowest BCUT2D eigenvalue weighted by molar-refractivity contribution is 0.414. The second-order valence-corrected chi connectivity index (χ2v) is 5.57. The zero-order valence-electron chi connectivity index (χ0n) is 13.2. The number of benzene rings is 2. The van der Waals surface area contributed by atoms with Crippen molar-refractivity contribution < 1.29 is 4.74 Å². The van der Waals surface area contributed by atoms with E-state index in [1.165, 1.54) is 0 Å². The number of aryl methyl sites for hydroxylation is 1. The van der Waals surface area contributed by atoms with E-state index in [1.54, 1.807) is 7.11 Å². The fourth-order valence-electron chi connectivity index (χ4n) is 3.03. The van der Waals surface area contributed by atoms with Gasteiger partial charge < -0.3 is 4.74 Å². The van der Waals surface area contributed by atoms with Gasteiger partial charge in [0.25, 0.3) is 0 Å². The van der Waals surface area contributed by atoms with Gasteiger partial charge in [0.1, 0.15) is 11.6 Å². The van der Waals surface area contributed by atoms with Crippen molar-refractivity contribution in [3.8, 4) is 11.4 Å². The predicted molar refractivity (Wildman–Crippen MR) is 90.6 cm³/mol. The molecule has 0 amide bonds. The minimum absolute atomic E-state index is 0.565. The molecule has 0 saturated carbocycles. The van der Waals surface area contributed by atoms with Crippen LogP contribution in [0.2, 0.25) is 0 Å². The van der Waals surface area contributed by atoms with Crippen molar-refractivity contribution in [2.45, 2.75) is 13.5 Å². The summed E-state index contributed by atoms with van der Waals surface area (Å²) in [7, 11) is 1.69. The molecular weight excluding hydrogens is 286 g/mol. The molecule has 0 aliphatic carbocycles. The number of aliphatic imine (C=N–C) groups is 1. The third kappa shape index (κ3) is 2.23. The molecule has 0 bridgehead atoms. The Morgan fingerprint density at radius 2 is 1.91 bits per heavy atom. The van der Waals surface area contributed by atoms with Crippen molar-refractivity contribution in [2.75, 3.05) is 7.11 Å². The molecule has 23 heavy (non-hydrogen) atoms. The summed E-state index contributed by atoms with van der Waals surface area (Å²) in [5.74, 6) is 1.79. The van der Waals surface area contributed by atoms with Gasteiger partial charge in [0.2, 0.25) is 0 Å². The number of aromatic nitrogens is 2. The molecule has 0 N–H and O–H groups in total. The molecule has 0 spiro atoms. The molecule has 1 aliphatic heterocycles. The SMILES string of the molecule is COc1ccc2c(c1)C(c1ccccc1)=NCc1ncc(C)n1-2. The highest BCUT2D eigenvalue weighted by Gasteiger charge is 2.21. The van der Waals surface area contributed by atoms with Crippen LogP contribution in [0.15, 0.2) is 59.7 Å². The normalized spacial score (nSPS) is 12.9. The number of hydrogen-bond acceptors (Lipinski definition) is 3. The number of hydrogen-bond donors (Lipinski definition) is 0. The second-order valence-electron chi connectivity index (χ2n) is 5.57. The maximum atomic E-state index is 5.43. The third-order valence-corrected chi connectivity index (χ3v) is 4.14. The summed E-state index contributed by atoms with van der Waals surface area (Å²) in [6.45, 7) is 2.63. The number of imidazole rings is 1. The van der Waals surface area contributed by atoms with E-state index >= 15 is 0 Å². The molecule has 1 aliphatic rings. The van der Waals surface area contributed by atoms with Crippen LogP contribution >= 0.6 is 0 Å². The maximum Gasteiger partial charge on any atom is 0.135 e. The van der Waals surface area contributed by atoms with Crippen LogP contribution in [0.1, 0.15) is 22.6 Å². The van der Waals surface area contributed by atoms with Gasteiger partial charge in [0.15, 0.2) is 0 Å². The van der Waals surface area contributed by atoms with Crippen molar-refractivity contribution in [3.63, 3.8) is 0 Å². The van der Waals surface area contributed by atoms with Crippen LogP contribution in [0.25, 0.3) is 5.69 Å². The zero-order chi connectivity index (χ0) is 15.8. The van der Waals surface area contributed by atoms with Gasteiger partial charge in [-0.25, -0.2) is 4.98 Å². The second kappa shape index (κ2) is 5.39. The highest BCUT2D eigenvalue weighted by atomic mass is 16.5. The number of nitrogens with zero attached hydrogens (tertiary/aromatic N) is 3. The van der Waals surface area contributed by atoms with Crippen LogP contribution < -0.4 is 4.74 Å². The van der Waals surface area contributed by atoms with Crippen molar-refractivity contribution in [2.24, 2.45) is 4.99 Å². The standard InChI is InChI=1S/C19H17N3O/c1-13-11-20-18-12-21-19(14-6-4-3-5-7-14)16-10-15(23-2)8-9-17(16)22(13)18/h3-11H,12H2,1-2H3. The summed E-state index contributed by atoms with van der Waals surface area (Å²) in [6.07, 6.45) is 1.90. The number of rotatable bonds is 2. The highest BCUT2D eigenvalue weighted by molar-refractivity contribution is 6.15. The first-order valence-electron chi connectivity index (χ1n) is 7.60. The Balaban J connectivity index is 2.00. The Kier molecular flexibility index (Phi) is 3.23. The average molecular weight is 303 g/mol. The van der Waals surface area contributed by atoms with E-state index in [9.17, 15) is 0 Å². The van der Waals surface area contributed by atoms with Crippen molar-refractivity contribution in [1.29, 1.82) is 0 Å². The minimum atomic E-state index is 0.565. The molecule has 1 aromatic heterocycles. The van der Waals surface area contributed by atoms with Crippen LogP contribution in [-0.2, 0) is 6.54 Å². The Hall–Kier alpha value is -2.88. The van der Waals surface area contributed by atoms with Crippen molar-refractivity contribution >= 4 is 5.71 Å². The molecule has 114 valence electrons. The summed E-state index contributed by atoms with van der Waals surface area (Å²) in [5, 5.41) is 0. The molecule has 4 heteroatoms. The Morgan fingerprint density at radius 3 is 2.70 bits per heavy atom. The summed E-state index contributed by atoms with van der Waals surface area (Å²) in [6, 6.07) is 16.4. The van der Waals surface area contributed by atoms with E-state index in [1.807, 2.05) is 30.5 Å². The van der Waals surface area contributed by atoms with Gasteiger partial charge in [-0.15, -0.1) is 0 Å². The van der Waals surface area contributed by atoms with E-state index in [0.717, 1.165) is 39.8 Å². The molecule has 3 aromatic rings. The molecule has 0 radical (unpaired) electrons. The first-order valence-corrected chi connectivity index (χ1v) is 7.60. The van der Waals surface area contributed by atoms with Crippen molar-refractivity contribution in [3.05, 3.63) is 77.4 Å². The van der Waals surface area contributed by atoms with Gasteiger partial charge in [-0.3, -0.25) is 9.56 Å². The molecule has 2 heterocycles. The number of ether oxygens (including phenoxy) is 1. The van der Waals surface area contributed by atoms with Crippen LogP contribution in [0, 0.1) is 6.92 Å². The lowest BCUT2D eigenvalue weighted by Gasteiger charge is -2.14. The van der Waals surface area contributed by atoms with Crippen LogP contribution in [0.3, 0.4) is 0 Å². The van der Waals surface area contributed by atoms with Gasteiger partial charge in [-0.05, 0) is 25.1 Å². The largest absolute Gasteiger partial charge is 0.497 e. The van der Waals surface area contributed by atoms with Gasteiger partial charge in [0, 0.05) is 23.0 Å². The molecule has 0 saturated heterocycles. The van der Waals surface area contributed by atoms with Crippen LogP contribution in [0.5, 0.6) is 5.75 Å². The average Bonchev–Trinajstić information content (AvgIpc) is 2.88. The van der Waals surface area contributed by atoms with Gasteiger partial charge >= 0.3 is 0 Å². The molecule has 4 rings (SSSR count). The molecule has 0 fully saturated rings. The fourth-order valence-corrected chi connectivity index (χ4v) is 3.03. The Labute approximate surface area is 135 Å². The van der Waals surface area contributed by atoms with E-state index in [2.05, 4.69) is 40.7 Å². The molecule has 4 nitrogen and oxygen atoms in total. The smallest absolute Gasteiger partial charge is 0.135 e. The first-order chi connectivity index (χ1) is 11.3. The number of fused-ring (bicyclic) bond motifs is 3. The molecule has 0 atom stereocenters. The van der Waals surface area contributed by atoms with E-state index in [0.29, 0.717) is 6.54 Å². The highest BCUT2D eigenvalue weighted by Crippen LogP contribution is 2.29. The van der Waals surface area contributed by atoms with E-state index in [-0.39, 0.29) is 0 Å². The van der Waals surface area contributed by atoms with Gasteiger partial charge in [-0.1, -0.05) is 30.3 Å². The van der Waals surface area contributed by atoms with E-state index in [4.69, 9.17) is 9.73 Å². The van der Waals surface area contributed by atoms with Crippen LogP contribution in [-0.4, -0.2) is 22.4 Å². The number of methoxy groups -OCH3 is 1. The van der Waals surface area contributed by atoms with Crippen molar-refractivity contribution in [1.82, 2.24) is 9.55 Å². The lowest BCUT2D eigenvalue weighted by Crippen LogP contribution is -2.08. The molecule has 2 aromatic carbocycles. The molecular formula is C19H17N3O. The summed E-state index contributed by atoms with van der Waals surface area (Å²) in [4.78, 5) is 9.35. The summed E-state index contributed by atoms with van der Waals surface area (Å²) < 4.78 is 7.60. The Bertz CT molecular complexity index is 894. The quantitative estimate of drug-likeness (QED) is 0.726. The predicted octanol–water partition coefficient (Wildman–Crippen LogP) is 3.54. The summed E-state index contributed by atoms with van der Waals surface area (Å²) in [5.41, 5.74) is 5.34. The monoisotopic (exact) mass is 303 g/mol. The lowest BCUT2D eigenvalue weighted by atomic mass is 10.00. The van der Waals surface area contributed by atoms with Crippen LogP contribution in [0.4, 0.5) is 0 Å². The fraction of sp³-hybridized carbons (Fsp3) is 0.158. The first kappa shape index (κ1) is 13.8. The topological polar surface area (TPSA) is 39.4 Å². The Morgan fingerprint density at radius 1 is 1.09 bits per heavy atom. The third-order valence-electron chi connectivity index (χ3n) is 4.14.